The van der Waals surface area contributed by atoms with Gasteiger partial charge < -0.3 is 4.74 Å². The largest absolute Gasteiger partial charge is 0.497 e. The van der Waals surface area contributed by atoms with Crippen LogP contribution in [0.5, 0.6) is 5.75 Å². The molecule has 1 aromatic carbocycles. The van der Waals surface area contributed by atoms with Crippen LogP contribution in [0.25, 0.3) is 6.08 Å². The number of hydrogen-bond donors (Lipinski definition) is 0. The third-order valence-corrected chi connectivity index (χ3v) is 2.54. The Balaban J connectivity index is 2.45. The maximum Gasteiger partial charge on any atom is 0.119 e. The van der Waals surface area contributed by atoms with Crippen LogP contribution < -0.4 is 4.74 Å². The molecular weight excluding hydrogens is 160 g/mol. The van der Waals surface area contributed by atoms with Gasteiger partial charge in [0.1, 0.15) is 5.75 Å². The summed E-state index contributed by atoms with van der Waals surface area (Å²) in [4.78, 5) is 0. The first-order valence-electron chi connectivity index (χ1n) is 4.63. The summed E-state index contributed by atoms with van der Waals surface area (Å²) in [6.07, 6.45) is 4.61. The van der Waals surface area contributed by atoms with E-state index in [0.29, 0.717) is 0 Å². The van der Waals surface area contributed by atoms with Gasteiger partial charge in [0, 0.05) is 0 Å². The van der Waals surface area contributed by atoms with E-state index in [0.717, 1.165) is 5.75 Å². The van der Waals surface area contributed by atoms with E-state index in [2.05, 4.69) is 25.1 Å². The predicted molar refractivity (Wildman–Crippen MR) is 55.0 cm³/mol. The molecule has 0 unspecified atom stereocenters. The highest BCUT2D eigenvalue weighted by Crippen LogP contribution is 2.26. The summed E-state index contributed by atoms with van der Waals surface area (Å²) in [6.45, 7) is 2.18. The van der Waals surface area contributed by atoms with E-state index in [-0.39, 0.29) is 0 Å². The molecular formula is C12H14O. The van der Waals surface area contributed by atoms with Crippen molar-refractivity contribution in [3.05, 3.63) is 34.9 Å². The summed E-state index contributed by atoms with van der Waals surface area (Å²) in [6, 6.07) is 6.31. The molecule has 0 spiro atoms. The smallest absolute Gasteiger partial charge is 0.119 e. The van der Waals surface area contributed by atoms with E-state index in [4.69, 9.17) is 4.74 Å². The van der Waals surface area contributed by atoms with Crippen LogP contribution in [0.3, 0.4) is 0 Å². The Morgan fingerprint density at radius 3 is 2.85 bits per heavy atom. The van der Waals surface area contributed by atoms with Gasteiger partial charge in [0.15, 0.2) is 0 Å². The fourth-order valence-corrected chi connectivity index (χ4v) is 1.73. The summed E-state index contributed by atoms with van der Waals surface area (Å²) in [5.74, 6) is 0.949. The van der Waals surface area contributed by atoms with Gasteiger partial charge in [0.2, 0.25) is 0 Å². The number of aryl methyl sites for hydroxylation is 1. The molecule has 0 saturated carbocycles. The Morgan fingerprint density at radius 1 is 1.23 bits per heavy atom. The average molecular weight is 174 g/mol. The van der Waals surface area contributed by atoms with Crippen LogP contribution in [-0.2, 0) is 6.42 Å². The van der Waals surface area contributed by atoms with Crippen molar-refractivity contribution in [2.75, 3.05) is 7.11 Å². The van der Waals surface area contributed by atoms with Gasteiger partial charge in [0.25, 0.3) is 0 Å². The molecule has 2 rings (SSSR count). The van der Waals surface area contributed by atoms with E-state index in [9.17, 15) is 0 Å². The molecule has 13 heavy (non-hydrogen) atoms. The zero-order valence-corrected chi connectivity index (χ0v) is 8.13. The molecule has 1 nitrogen and oxygen atoms in total. The van der Waals surface area contributed by atoms with Crippen LogP contribution in [0, 0.1) is 0 Å². The number of allylic oxidation sites excluding steroid dienone is 1. The Hall–Kier alpha value is -1.24. The molecule has 0 fully saturated rings. The number of hydrogen-bond acceptors (Lipinski definition) is 1. The summed E-state index contributed by atoms with van der Waals surface area (Å²) < 4.78 is 5.19. The van der Waals surface area contributed by atoms with Crippen LogP contribution >= 0.6 is 0 Å². The summed E-state index contributed by atoms with van der Waals surface area (Å²) >= 11 is 0. The van der Waals surface area contributed by atoms with E-state index in [1.54, 1.807) is 7.11 Å². The minimum absolute atomic E-state index is 0.949. The van der Waals surface area contributed by atoms with Gasteiger partial charge in [-0.1, -0.05) is 17.7 Å². The molecule has 0 atom stereocenters. The number of ether oxygens (including phenoxy) is 1. The summed E-state index contributed by atoms with van der Waals surface area (Å²) in [5.41, 5.74) is 4.22. The van der Waals surface area contributed by atoms with Gasteiger partial charge in [0.05, 0.1) is 7.11 Å². The Morgan fingerprint density at radius 2 is 2.08 bits per heavy atom. The maximum atomic E-state index is 5.19. The molecule has 1 aliphatic carbocycles. The molecule has 68 valence electrons. The van der Waals surface area contributed by atoms with Crippen LogP contribution in [0.2, 0.25) is 0 Å². The molecule has 0 aliphatic heterocycles. The second-order valence-corrected chi connectivity index (χ2v) is 3.56. The second kappa shape index (κ2) is 3.25. The van der Waals surface area contributed by atoms with E-state index >= 15 is 0 Å². The van der Waals surface area contributed by atoms with Gasteiger partial charge in [-0.15, -0.1) is 0 Å². The Kier molecular flexibility index (Phi) is 2.09. The lowest BCUT2D eigenvalue weighted by Crippen LogP contribution is -1.97. The van der Waals surface area contributed by atoms with E-state index in [1.807, 2.05) is 6.07 Å². The van der Waals surface area contributed by atoms with Crippen molar-refractivity contribution in [3.8, 4) is 5.75 Å². The quantitative estimate of drug-likeness (QED) is 0.635. The average Bonchev–Trinajstić information content (AvgIpc) is 2.16. The molecule has 1 aromatic rings. The Bertz CT molecular complexity index is 350. The number of benzene rings is 1. The first-order chi connectivity index (χ1) is 6.29. The standard InChI is InChI=1S/C12H14O/c1-9-3-4-10-5-6-12(13-2)8-11(10)7-9/h5-8H,3-4H2,1-2H3. The van der Waals surface area contributed by atoms with Crippen molar-refractivity contribution < 1.29 is 4.74 Å². The molecule has 1 aliphatic rings. The molecule has 0 amide bonds. The van der Waals surface area contributed by atoms with Crippen LogP contribution in [0.15, 0.2) is 23.8 Å². The third kappa shape index (κ3) is 1.59. The van der Waals surface area contributed by atoms with Gasteiger partial charge in [-0.05, 0) is 43.0 Å². The van der Waals surface area contributed by atoms with E-state index in [1.165, 1.54) is 29.5 Å². The van der Waals surface area contributed by atoms with Gasteiger partial charge in [-0.25, -0.2) is 0 Å². The zero-order valence-electron chi connectivity index (χ0n) is 8.13. The Labute approximate surface area is 79.0 Å². The lowest BCUT2D eigenvalue weighted by atomic mass is 9.93. The van der Waals surface area contributed by atoms with Gasteiger partial charge in [-0.3, -0.25) is 0 Å². The topological polar surface area (TPSA) is 9.23 Å². The highest BCUT2D eigenvalue weighted by molar-refractivity contribution is 5.60. The minimum Gasteiger partial charge on any atom is -0.497 e. The molecule has 1 heteroatoms. The normalized spacial score (nSPS) is 14.8. The monoisotopic (exact) mass is 174 g/mol. The minimum atomic E-state index is 0.949. The first-order valence-corrected chi connectivity index (χ1v) is 4.63. The van der Waals surface area contributed by atoms with Crippen molar-refractivity contribution in [2.45, 2.75) is 19.8 Å². The molecule has 0 heterocycles. The maximum absolute atomic E-state index is 5.19. The summed E-state index contributed by atoms with van der Waals surface area (Å²) in [7, 11) is 1.71. The second-order valence-electron chi connectivity index (χ2n) is 3.56. The van der Waals surface area contributed by atoms with E-state index < -0.39 is 0 Å². The molecule has 0 radical (unpaired) electrons. The molecule has 0 bridgehead atoms. The molecule has 0 N–H and O–H groups in total. The highest BCUT2D eigenvalue weighted by Gasteiger charge is 2.07. The van der Waals surface area contributed by atoms with Gasteiger partial charge in [-0.2, -0.15) is 0 Å². The summed E-state index contributed by atoms with van der Waals surface area (Å²) in [5, 5.41) is 0. The lowest BCUT2D eigenvalue weighted by molar-refractivity contribution is 0.414. The predicted octanol–water partition coefficient (Wildman–Crippen LogP) is 3.04. The van der Waals surface area contributed by atoms with Crippen molar-refractivity contribution in [1.29, 1.82) is 0 Å². The highest BCUT2D eigenvalue weighted by atomic mass is 16.5. The number of methoxy groups -OCH3 is 1. The molecule has 0 aromatic heterocycles. The van der Waals surface area contributed by atoms with Crippen LogP contribution in [-0.4, -0.2) is 7.11 Å². The van der Waals surface area contributed by atoms with Crippen molar-refractivity contribution in [3.63, 3.8) is 0 Å². The van der Waals surface area contributed by atoms with Crippen molar-refractivity contribution in [1.82, 2.24) is 0 Å². The number of rotatable bonds is 1. The zero-order chi connectivity index (χ0) is 9.26. The van der Waals surface area contributed by atoms with Crippen molar-refractivity contribution >= 4 is 6.08 Å². The third-order valence-electron chi connectivity index (χ3n) is 2.54. The van der Waals surface area contributed by atoms with Gasteiger partial charge >= 0.3 is 0 Å². The van der Waals surface area contributed by atoms with Crippen LogP contribution in [0.4, 0.5) is 0 Å². The van der Waals surface area contributed by atoms with Crippen LogP contribution in [0.1, 0.15) is 24.5 Å². The molecule has 0 saturated heterocycles. The van der Waals surface area contributed by atoms with Crippen molar-refractivity contribution in [2.24, 2.45) is 0 Å². The fraction of sp³-hybridized carbons (Fsp3) is 0.333. The fourth-order valence-electron chi connectivity index (χ4n) is 1.73. The SMILES string of the molecule is COc1ccc2c(c1)C=C(C)CC2. The first kappa shape index (κ1) is 8.36. The lowest BCUT2D eigenvalue weighted by Gasteiger charge is -2.14. The number of fused-ring (bicyclic) bond motifs is 1.